The van der Waals surface area contributed by atoms with E-state index in [1.807, 2.05) is 11.3 Å². The molecule has 3 heterocycles. The minimum atomic E-state index is 1.16. The van der Waals surface area contributed by atoms with Crippen molar-refractivity contribution in [3.63, 3.8) is 0 Å². The molecule has 0 atom stereocenters. The zero-order valence-corrected chi connectivity index (χ0v) is 26.3. The molecular weight excluding hydrogens is 589 g/mol. The Bertz CT molecular complexity index is 2760. The Kier molecular flexibility index (Phi) is 5.78. The van der Waals surface area contributed by atoms with Gasteiger partial charge in [-0.05, 0) is 82.9 Å². The maximum atomic E-state index is 2.44. The Morgan fingerprint density at radius 1 is 0.319 bits per heavy atom. The van der Waals surface area contributed by atoms with Gasteiger partial charge in [-0.2, -0.15) is 0 Å². The van der Waals surface area contributed by atoms with Crippen molar-refractivity contribution in [2.24, 2.45) is 0 Å². The lowest BCUT2D eigenvalue weighted by molar-refractivity contribution is 1.17. The van der Waals surface area contributed by atoms with Crippen molar-refractivity contribution in [1.82, 2.24) is 9.13 Å². The molecule has 0 radical (unpaired) electrons. The summed E-state index contributed by atoms with van der Waals surface area (Å²) in [5.74, 6) is 0. The Morgan fingerprint density at radius 3 is 1.30 bits per heavy atom. The van der Waals surface area contributed by atoms with Crippen LogP contribution in [0.2, 0.25) is 0 Å². The highest BCUT2D eigenvalue weighted by Crippen LogP contribution is 2.42. The molecule has 0 spiro atoms. The van der Waals surface area contributed by atoms with Crippen LogP contribution in [0.1, 0.15) is 0 Å². The van der Waals surface area contributed by atoms with Gasteiger partial charge >= 0.3 is 0 Å². The number of rotatable bonds is 4. The highest BCUT2D eigenvalue weighted by Gasteiger charge is 2.21. The lowest BCUT2D eigenvalue weighted by Gasteiger charge is -2.10. The lowest BCUT2D eigenvalue weighted by Crippen LogP contribution is -1.93. The highest BCUT2D eigenvalue weighted by molar-refractivity contribution is 7.25. The van der Waals surface area contributed by atoms with Gasteiger partial charge in [-0.1, -0.05) is 109 Å². The first-order chi connectivity index (χ1) is 23.3. The van der Waals surface area contributed by atoms with Crippen LogP contribution in [0, 0.1) is 0 Å². The first-order valence-corrected chi connectivity index (χ1v) is 16.8. The summed E-state index contributed by atoms with van der Waals surface area (Å²) < 4.78 is 7.50. The van der Waals surface area contributed by atoms with E-state index in [1.165, 1.54) is 81.0 Å². The molecule has 3 heteroatoms. The van der Waals surface area contributed by atoms with Crippen LogP contribution in [0.5, 0.6) is 0 Å². The number of thiophene rings is 1. The van der Waals surface area contributed by atoms with Gasteiger partial charge in [0.15, 0.2) is 0 Å². The van der Waals surface area contributed by atoms with E-state index in [2.05, 4.69) is 179 Å². The third kappa shape index (κ3) is 4.04. The summed E-state index contributed by atoms with van der Waals surface area (Å²) in [4.78, 5) is 0. The standard InChI is InChI=1S/C44H28N2S/c1-3-11-29(12-4-1)31-21-25-41-37(27-31)38-28-32(22-26-42(38)47-41)30-19-23-34(24-20-30)46-40-18-10-8-16-36(40)43-44(46)35-15-7-9-17-39(35)45(43)33-13-5-2-6-14-33/h1-28H. The van der Waals surface area contributed by atoms with Crippen molar-refractivity contribution in [3.05, 3.63) is 170 Å². The molecule has 3 aromatic heterocycles. The van der Waals surface area contributed by atoms with Crippen LogP contribution in [0.3, 0.4) is 0 Å². The van der Waals surface area contributed by atoms with Crippen LogP contribution in [-0.4, -0.2) is 9.13 Å². The van der Waals surface area contributed by atoms with Crippen molar-refractivity contribution in [3.8, 4) is 33.6 Å². The predicted octanol–water partition coefficient (Wildman–Crippen LogP) is 12.4. The normalized spacial score (nSPS) is 11.8. The number of fused-ring (bicyclic) bond motifs is 8. The number of hydrogen-bond donors (Lipinski definition) is 0. The average molecular weight is 617 g/mol. The Balaban J connectivity index is 1.13. The van der Waals surface area contributed by atoms with Crippen molar-refractivity contribution in [2.45, 2.75) is 0 Å². The molecule has 47 heavy (non-hydrogen) atoms. The van der Waals surface area contributed by atoms with Gasteiger partial charge in [0, 0.05) is 42.3 Å². The molecule has 0 aliphatic heterocycles. The number of hydrogen-bond acceptors (Lipinski definition) is 1. The summed E-state index contributed by atoms with van der Waals surface area (Å²) >= 11 is 1.87. The maximum Gasteiger partial charge on any atom is 0.0803 e. The summed E-state index contributed by atoms with van der Waals surface area (Å²) in [7, 11) is 0. The van der Waals surface area contributed by atoms with Gasteiger partial charge in [-0.3, -0.25) is 0 Å². The molecule has 10 rings (SSSR count). The van der Waals surface area contributed by atoms with Crippen LogP contribution in [0.4, 0.5) is 0 Å². The molecule has 0 N–H and O–H groups in total. The molecule has 0 amide bonds. The molecule has 220 valence electrons. The van der Waals surface area contributed by atoms with Crippen LogP contribution < -0.4 is 0 Å². The first-order valence-electron chi connectivity index (χ1n) is 16.0. The Morgan fingerprint density at radius 2 is 0.745 bits per heavy atom. The fourth-order valence-electron chi connectivity index (χ4n) is 7.37. The second kappa shape index (κ2) is 10.3. The van der Waals surface area contributed by atoms with Gasteiger partial charge in [0.2, 0.25) is 0 Å². The summed E-state index contributed by atoms with van der Waals surface area (Å²) in [6.07, 6.45) is 0. The first kappa shape index (κ1) is 26.3. The quantitative estimate of drug-likeness (QED) is 0.186. The third-order valence-corrected chi connectivity index (χ3v) is 10.7. The maximum absolute atomic E-state index is 2.44. The third-order valence-electron chi connectivity index (χ3n) is 9.52. The van der Waals surface area contributed by atoms with Gasteiger partial charge in [0.05, 0.1) is 22.1 Å². The van der Waals surface area contributed by atoms with E-state index in [-0.39, 0.29) is 0 Å². The van der Waals surface area contributed by atoms with Crippen molar-refractivity contribution >= 4 is 64.3 Å². The Labute approximate surface area is 276 Å². The molecule has 0 aliphatic rings. The van der Waals surface area contributed by atoms with Gasteiger partial charge < -0.3 is 9.13 Å². The summed E-state index contributed by atoms with van der Waals surface area (Å²) in [5.41, 5.74) is 12.2. The van der Waals surface area contributed by atoms with Crippen LogP contribution in [0.25, 0.3) is 86.6 Å². The Hall–Kier alpha value is -5.90. The summed E-state index contributed by atoms with van der Waals surface area (Å²) in [6, 6.07) is 61.8. The molecule has 0 aliphatic carbocycles. The fourth-order valence-corrected chi connectivity index (χ4v) is 8.44. The van der Waals surface area contributed by atoms with Crippen molar-refractivity contribution < 1.29 is 0 Å². The molecule has 0 fully saturated rings. The van der Waals surface area contributed by atoms with Gasteiger partial charge in [-0.15, -0.1) is 11.3 Å². The number of aromatic nitrogens is 2. The van der Waals surface area contributed by atoms with E-state index >= 15 is 0 Å². The second-order valence-corrected chi connectivity index (χ2v) is 13.3. The van der Waals surface area contributed by atoms with E-state index in [0.717, 1.165) is 5.69 Å². The molecule has 0 saturated carbocycles. The molecule has 2 nitrogen and oxygen atoms in total. The van der Waals surface area contributed by atoms with E-state index in [4.69, 9.17) is 0 Å². The van der Waals surface area contributed by atoms with Gasteiger partial charge in [-0.25, -0.2) is 0 Å². The molecule has 0 unspecified atom stereocenters. The zero-order valence-electron chi connectivity index (χ0n) is 25.5. The van der Waals surface area contributed by atoms with E-state index in [1.54, 1.807) is 0 Å². The zero-order chi connectivity index (χ0) is 30.9. The average Bonchev–Trinajstić information content (AvgIpc) is 3.79. The van der Waals surface area contributed by atoms with E-state index in [0.29, 0.717) is 0 Å². The molecule has 7 aromatic carbocycles. The summed E-state index contributed by atoms with van der Waals surface area (Å²) in [5, 5.41) is 5.13. The topological polar surface area (TPSA) is 9.86 Å². The van der Waals surface area contributed by atoms with E-state index in [9.17, 15) is 0 Å². The number of para-hydroxylation sites is 3. The summed E-state index contributed by atoms with van der Waals surface area (Å²) in [6.45, 7) is 0. The van der Waals surface area contributed by atoms with Crippen LogP contribution >= 0.6 is 11.3 Å². The largest absolute Gasteiger partial charge is 0.307 e. The molecule has 0 bridgehead atoms. The van der Waals surface area contributed by atoms with Crippen molar-refractivity contribution in [2.75, 3.05) is 0 Å². The fraction of sp³-hybridized carbons (Fsp3) is 0. The van der Waals surface area contributed by atoms with E-state index < -0.39 is 0 Å². The predicted molar refractivity (Wildman–Crippen MR) is 201 cm³/mol. The van der Waals surface area contributed by atoms with Gasteiger partial charge in [0.1, 0.15) is 0 Å². The minimum absolute atomic E-state index is 1.16. The smallest absolute Gasteiger partial charge is 0.0803 e. The highest BCUT2D eigenvalue weighted by atomic mass is 32.1. The lowest BCUT2D eigenvalue weighted by atomic mass is 10.00. The molecular formula is C44H28N2S. The number of benzene rings is 7. The van der Waals surface area contributed by atoms with Crippen LogP contribution in [-0.2, 0) is 0 Å². The second-order valence-electron chi connectivity index (χ2n) is 12.2. The molecule has 0 saturated heterocycles. The van der Waals surface area contributed by atoms with Crippen LogP contribution in [0.15, 0.2) is 170 Å². The SMILES string of the molecule is c1ccc(-c2ccc3sc4ccc(-c5ccc(-n6c7ccccc7c7c6c6ccccc6n7-c6ccccc6)cc5)cc4c3c2)cc1. The number of nitrogens with zero attached hydrogens (tertiary/aromatic N) is 2. The molecule has 10 aromatic rings. The monoisotopic (exact) mass is 616 g/mol. The van der Waals surface area contributed by atoms with Crippen molar-refractivity contribution in [1.29, 1.82) is 0 Å². The van der Waals surface area contributed by atoms with Gasteiger partial charge in [0.25, 0.3) is 0 Å². The minimum Gasteiger partial charge on any atom is -0.307 e.